The first kappa shape index (κ1) is 17.2. The van der Waals surface area contributed by atoms with Crippen molar-refractivity contribution in [2.75, 3.05) is 31.1 Å². The van der Waals surface area contributed by atoms with E-state index in [1.54, 1.807) is 6.33 Å². The Morgan fingerprint density at radius 1 is 1.04 bits per heavy atom. The van der Waals surface area contributed by atoms with Crippen LogP contribution in [0.4, 0.5) is 5.82 Å². The second-order valence-corrected chi connectivity index (χ2v) is 9.65. The first-order valence-electron chi connectivity index (χ1n) is 10.3. The second kappa shape index (κ2) is 6.30. The van der Waals surface area contributed by atoms with Gasteiger partial charge in [0.25, 0.3) is 0 Å². The number of nitrogens with zero attached hydrogens (tertiary/aromatic N) is 6. The van der Waals surface area contributed by atoms with E-state index in [-0.39, 0.29) is 5.41 Å². The van der Waals surface area contributed by atoms with Crippen LogP contribution in [0.1, 0.15) is 51.0 Å². The molecular weight excluding hydrogens is 336 g/mol. The third kappa shape index (κ3) is 3.35. The van der Waals surface area contributed by atoms with Gasteiger partial charge in [-0.25, -0.2) is 15.0 Å². The molecular formula is C21H30N6. The van der Waals surface area contributed by atoms with E-state index in [1.807, 2.05) is 6.33 Å². The molecule has 6 heteroatoms. The lowest BCUT2D eigenvalue weighted by Crippen LogP contribution is -2.30. The molecule has 1 saturated carbocycles. The minimum Gasteiger partial charge on any atom is -0.356 e. The van der Waals surface area contributed by atoms with Gasteiger partial charge in [0.2, 0.25) is 0 Å². The smallest absolute Gasteiger partial charge is 0.132 e. The van der Waals surface area contributed by atoms with Crippen LogP contribution in [0.5, 0.6) is 0 Å². The van der Waals surface area contributed by atoms with Crippen LogP contribution in [0.25, 0.3) is 0 Å². The second-order valence-electron chi connectivity index (χ2n) is 9.65. The van der Waals surface area contributed by atoms with E-state index in [0.717, 1.165) is 49.0 Å². The summed E-state index contributed by atoms with van der Waals surface area (Å²) < 4.78 is 2.40. The summed E-state index contributed by atoms with van der Waals surface area (Å²) in [6.45, 7) is 12.3. The van der Waals surface area contributed by atoms with Crippen LogP contribution in [-0.4, -0.2) is 50.6 Å². The average molecular weight is 367 g/mol. The molecule has 0 radical (unpaired) electrons. The number of likely N-dealkylation sites (tertiary alicyclic amines) is 1. The molecule has 0 amide bonds. The number of hydrogen-bond donors (Lipinski definition) is 0. The lowest BCUT2D eigenvalue weighted by molar-refractivity contribution is 0.300. The summed E-state index contributed by atoms with van der Waals surface area (Å²) in [6.07, 6.45) is 8.45. The van der Waals surface area contributed by atoms with Gasteiger partial charge in [-0.15, -0.1) is 0 Å². The molecule has 27 heavy (non-hydrogen) atoms. The predicted molar refractivity (Wildman–Crippen MR) is 106 cm³/mol. The molecule has 2 aromatic rings. The molecule has 1 aliphatic carbocycles. The maximum absolute atomic E-state index is 4.57. The van der Waals surface area contributed by atoms with Crippen molar-refractivity contribution in [1.29, 1.82) is 0 Å². The minimum absolute atomic E-state index is 0.0641. The Morgan fingerprint density at radius 3 is 2.44 bits per heavy atom. The molecule has 4 heterocycles. The van der Waals surface area contributed by atoms with Crippen molar-refractivity contribution in [3.05, 3.63) is 36.3 Å². The fourth-order valence-corrected chi connectivity index (χ4v) is 4.70. The van der Waals surface area contributed by atoms with Crippen LogP contribution >= 0.6 is 0 Å². The summed E-state index contributed by atoms with van der Waals surface area (Å²) in [5, 5.41) is 0. The summed E-state index contributed by atoms with van der Waals surface area (Å²) in [4.78, 5) is 18.5. The Balaban J connectivity index is 1.23. The van der Waals surface area contributed by atoms with Crippen molar-refractivity contribution in [3.63, 3.8) is 0 Å². The molecule has 0 aromatic carbocycles. The van der Waals surface area contributed by atoms with Crippen LogP contribution in [0, 0.1) is 11.8 Å². The topological polar surface area (TPSA) is 50.1 Å². The lowest BCUT2D eigenvalue weighted by atomic mass is 9.92. The quantitative estimate of drug-likeness (QED) is 0.833. The summed E-state index contributed by atoms with van der Waals surface area (Å²) in [5.74, 6) is 2.59. The highest BCUT2D eigenvalue weighted by atomic mass is 15.3. The van der Waals surface area contributed by atoms with Gasteiger partial charge in [0, 0.05) is 56.4 Å². The number of anilines is 1. The van der Waals surface area contributed by atoms with Crippen LogP contribution in [-0.2, 0) is 12.0 Å². The monoisotopic (exact) mass is 366 g/mol. The van der Waals surface area contributed by atoms with E-state index in [4.69, 9.17) is 0 Å². The molecule has 3 aliphatic rings. The Morgan fingerprint density at radius 2 is 1.78 bits per heavy atom. The largest absolute Gasteiger partial charge is 0.356 e. The standard InChI is InChI=1S/C21H30N6/c1-21(2,3)19-6-20(24-13-23-19)26-10-15-8-25(9-16(15)11-26)12-18-7-22-14-27(18)17-4-5-17/h6-7,13-17H,4-5,8-12H2,1-3H3. The Labute approximate surface area is 161 Å². The summed E-state index contributed by atoms with van der Waals surface area (Å²) in [7, 11) is 0. The molecule has 2 atom stereocenters. The highest BCUT2D eigenvalue weighted by Gasteiger charge is 2.41. The molecule has 144 valence electrons. The molecule has 0 spiro atoms. The van der Waals surface area contributed by atoms with Crippen molar-refractivity contribution in [2.24, 2.45) is 11.8 Å². The number of hydrogen-bond acceptors (Lipinski definition) is 5. The van der Waals surface area contributed by atoms with Crippen molar-refractivity contribution >= 4 is 5.82 Å². The molecule has 6 nitrogen and oxygen atoms in total. The van der Waals surface area contributed by atoms with Crippen molar-refractivity contribution in [2.45, 2.75) is 51.6 Å². The Bertz CT molecular complexity index is 804. The van der Waals surface area contributed by atoms with Gasteiger partial charge < -0.3 is 9.47 Å². The number of aromatic nitrogens is 4. The highest BCUT2D eigenvalue weighted by Crippen LogP contribution is 2.37. The summed E-state index contributed by atoms with van der Waals surface area (Å²) in [5.41, 5.74) is 2.58. The fourth-order valence-electron chi connectivity index (χ4n) is 4.70. The van der Waals surface area contributed by atoms with E-state index in [0.29, 0.717) is 0 Å². The van der Waals surface area contributed by atoms with Gasteiger partial charge in [-0.05, 0) is 24.7 Å². The first-order chi connectivity index (χ1) is 13.0. The van der Waals surface area contributed by atoms with Crippen molar-refractivity contribution in [1.82, 2.24) is 24.4 Å². The zero-order chi connectivity index (χ0) is 18.6. The van der Waals surface area contributed by atoms with Gasteiger partial charge in [-0.2, -0.15) is 0 Å². The molecule has 0 bridgehead atoms. The van der Waals surface area contributed by atoms with Crippen molar-refractivity contribution < 1.29 is 0 Å². The van der Waals surface area contributed by atoms with E-state index in [1.165, 1.54) is 31.6 Å². The van der Waals surface area contributed by atoms with E-state index in [2.05, 4.69) is 62.4 Å². The van der Waals surface area contributed by atoms with E-state index < -0.39 is 0 Å². The average Bonchev–Trinajstić information content (AvgIpc) is 3.06. The SMILES string of the molecule is CC(C)(C)c1cc(N2CC3CN(Cc4cncn4C4CC4)CC3C2)ncn1. The highest BCUT2D eigenvalue weighted by molar-refractivity contribution is 5.42. The molecule has 2 aliphatic heterocycles. The van der Waals surface area contributed by atoms with Crippen LogP contribution in [0.15, 0.2) is 24.9 Å². The zero-order valence-corrected chi connectivity index (χ0v) is 16.7. The number of rotatable bonds is 4. The Hall–Kier alpha value is -1.95. The van der Waals surface area contributed by atoms with Gasteiger partial charge >= 0.3 is 0 Å². The third-order valence-corrected chi connectivity index (χ3v) is 6.38. The van der Waals surface area contributed by atoms with Gasteiger partial charge in [-0.3, -0.25) is 4.90 Å². The van der Waals surface area contributed by atoms with Crippen LogP contribution in [0.3, 0.4) is 0 Å². The maximum Gasteiger partial charge on any atom is 0.132 e. The van der Waals surface area contributed by atoms with E-state index in [9.17, 15) is 0 Å². The van der Waals surface area contributed by atoms with Gasteiger partial charge in [-0.1, -0.05) is 20.8 Å². The lowest BCUT2D eigenvalue weighted by Gasteiger charge is -2.24. The third-order valence-electron chi connectivity index (χ3n) is 6.38. The fraction of sp³-hybridized carbons (Fsp3) is 0.667. The van der Waals surface area contributed by atoms with Gasteiger partial charge in [0.15, 0.2) is 0 Å². The summed E-state index contributed by atoms with van der Waals surface area (Å²) >= 11 is 0. The normalized spacial score (nSPS) is 26.0. The zero-order valence-electron chi connectivity index (χ0n) is 16.7. The molecule has 5 rings (SSSR count). The van der Waals surface area contributed by atoms with Gasteiger partial charge in [0.1, 0.15) is 12.1 Å². The molecule has 2 unspecified atom stereocenters. The van der Waals surface area contributed by atoms with Crippen molar-refractivity contribution in [3.8, 4) is 0 Å². The van der Waals surface area contributed by atoms with Crippen LogP contribution in [0.2, 0.25) is 0 Å². The first-order valence-corrected chi connectivity index (χ1v) is 10.3. The predicted octanol–water partition coefficient (Wildman–Crippen LogP) is 2.87. The molecule has 2 saturated heterocycles. The minimum atomic E-state index is 0.0641. The number of fused-ring (bicyclic) bond motifs is 1. The van der Waals surface area contributed by atoms with Gasteiger partial charge in [0.05, 0.1) is 17.7 Å². The van der Waals surface area contributed by atoms with Crippen LogP contribution < -0.4 is 4.90 Å². The molecule has 2 aromatic heterocycles. The van der Waals surface area contributed by atoms with E-state index >= 15 is 0 Å². The molecule has 3 fully saturated rings. The Kier molecular flexibility index (Phi) is 4.00. The maximum atomic E-state index is 4.57. The number of imidazole rings is 1. The summed E-state index contributed by atoms with van der Waals surface area (Å²) in [6, 6.07) is 2.90. The molecule has 0 N–H and O–H groups in total.